The lowest BCUT2D eigenvalue weighted by Crippen LogP contribution is -2.31. The SMILES string of the molecule is COc1ccccc1N1CCCN(c2ncnc3c2cnn3-c2ccc(F)cc2)CC1. The predicted octanol–water partition coefficient (Wildman–Crippen LogP) is 3.68. The standard InChI is InChI=1S/C23H23FN6O/c1-31-21-6-3-2-5-20(21)28-11-4-12-29(14-13-28)22-19-15-27-30(23(19)26-16-25-22)18-9-7-17(24)8-10-18/h2-3,5-10,15-16H,4,11-14H2,1H3. The van der Waals surface area contributed by atoms with Crippen molar-refractivity contribution >= 4 is 22.5 Å². The van der Waals surface area contributed by atoms with Crippen molar-refractivity contribution in [3.63, 3.8) is 0 Å². The number of halogens is 1. The summed E-state index contributed by atoms with van der Waals surface area (Å²) >= 11 is 0. The van der Waals surface area contributed by atoms with Crippen LogP contribution in [0.4, 0.5) is 15.9 Å². The third-order valence-corrected chi connectivity index (χ3v) is 5.64. The molecule has 0 radical (unpaired) electrons. The fourth-order valence-electron chi connectivity index (χ4n) is 4.12. The summed E-state index contributed by atoms with van der Waals surface area (Å²) in [5.74, 6) is 1.49. The fraction of sp³-hybridized carbons (Fsp3) is 0.261. The minimum absolute atomic E-state index is 0.278. The van der Waals surface area contributed by atoms with Gasteiger partial charge in [0.25, 0.3) is 0 Å². The van der Waals surface area contributed by atoms with Crippen molar-refractivity contribution < 1.29 is 9.13 Å². The largest absolute Gasteiger partial charge is 0.495 e. The molecule has 2 aromatic carbocycles. The number of benzene rings is 2. The molecule has 1 aliphatic heterocycles. The lowest BCUT2D eigenvalue weighted by Gasteiger charge is -2.25. The van der Waals surface area contributed by atoms with Crippen molar-refractivity contribution in [1.29, 1.82) is 0 Å². The minimum Gasteiger partial charge on any atom is -0.495 e. The summed E-state index contributed by atoms with van der Waals surface area (Å²) in [5, 5.41) is 5.38. The maximum absolute atomic E-state index is 13.3. The number of para-hydroxylation sites is 2. The van der Waals surface area contributed by atoms with Gasteiger partial charge in [-0.2, -0.15) is 5.10 Å². The molecule has 31 heavy (non-hydrogen) atoms. The van der Waals surface area contributed by atoms with Crippen molar-refractivity contribution in [2.24, 2.45) is 0 Å². The Labute approximate surface area is 179 Å². The third kappa shape index (κ3) is 3.65. The average molecular weight is 418 g/mol. The molecule has 1 aliphatic rings. The van der Waals surface area contributed by atoms with Gasteiger partial charge >= 0.3 is 0 Å². The molecule has 2 aromatic heterocycles. The zero-order chi connectivity index (χ0) is 21.2. The first-order chi connectivity index (χ1) is 15.2. The highest BCUT2D eigenvalue weighted by Gasteiger charge is 2.21. The average Bonchev–Trinajstić information content (AvgIpc) is 3.09. The summed E-state index contributed by atoms with van der Waals surface area (Å²) in [6.07, 6.45) is 4.36. The number of methoxy groups -OCH3 is 1. The lowest BCUT2D eigenvalue weighted by atomic mass is 10.2. The summed E-state index contributed by atoms with van der Waals surface area (Å²) in [5.41, 5.74) is 2.59. The molecule has 3 heterocycles. The Morgan fingerprint density at radius 1 is 0.903 bits per heavy atom. The van der Waals surface area contributed by atoms with E-state index in [1.807, 2.05) is 18.2 Å². The van der Waals surface area contributed by atoms with Crippen LogP contribution < -0.4 is 14.5 Å². The van der Waals surface area contributed by atoms with E-state index >= 15 is 0 Å². The Morgan fingerprint density at radius 3 is 2.52 bits per heavy atom. The zero-order valence-electron chi connectivity index (χ0n) is 17.3. The highest BCUT2D eigenvalue weighted by atomic mass is 19.1. The number of hydrogen-bond acceptors (Lipinski definition) is 6. The quantitative estimate of drug-likeness (QED) is 0.504. The van der Waals surface area contributed by atoms with Crippen LogP contribution in [0, 0.1) is 5.82 Å². The van der Waals surface area contributed by atoms with Crippen molar-refractivity contribution in [1.82, 2.24) is 19.7 Å². The van der Waals surface area contributed by atoms with Crippen LogP contribution in [0.1, 0.15) is 6.42 Å². The molecule has 0 bridgehead atoms. The number of ether oxygens (including phenoxy) is 1. The van der Waals surface area contributed by atoms with Crippen LogP contribution >= 0.6 is 0 Å². The predicted molar refractivity (Wildman–Crippen MR) is 119 cm³/mol. The van der Waals surface area contributed by atoms with Gasteiger partial charge < -0.3 is 14.5 Å². The van der Waals surface area contributed by atoms with Crippen LogP contribution in [0.3, 0.4) is 0 Å². The lowest BCUT2D eigenvalue weighted by molar-refractivity contribution is 0.414. The molecular weight excluding hydrogens is 395 g/mol. The Kier molecular flexibility index (Phi) is 5.11. The first-order valence-corrected chi connectivity index (χ1v) is 10.3. The van der Waals surface area contributed by atoms with Gasteiger partial charge in [-0.1, -0.05) is 12.1 Å². The number of anilines is 2. The number of nitrogens with zero attached hydrogens (tertiary/aromatic N) is 6. The molecular formula is C23H23FN6O. The minimum atomic E-state index is -0.278. The van der Waals surface area contributed by atoms with Crippen LogP contribution in [0.25, 0.3) is 16.7 Å². The smallest absolute Gasteiger partial charge is 0.168 e. The van der Waals surface area contributed by atoms with Crippen LogP contribution in [0.15, 0.2) is 61.1 Å². The molecule has 158 valence electrons. The molecule has 7 nitrogen and oxygen atoms in total. The molecule has 4 aromatic rings. The molecule has 0 unspecified atom stereocenters. The summed E-state index contributed by atoms with van der Waals surface area (Å²) in [7, 11) is 1.71. The van der Waals surface area contributed by atoms with Gasteiger partial charge in [0.15, 0.2) is 5.65 Å². The van der Waals surface area contributed by atoms with Crippen molar-refractivity contribution in [3.05, 3.63) is 66.9 Å². The Morgan fingerprint density at radius 2 is 1.68 bits per heavy atom. The van der Waals surface area contributed by atoms with Gasteiger partial charge in [0, 0.05) is 26.2 Å². The second kappa shape index (κ2) is 8.22. The maximum atomic E-state index is 13.3. The third-order valence-electron chi connectivity index (χ3n) is 5.64. The van der Waals surface area contributed by atoms with Crippen molar-refractivity contribution in [2.45, 2.75) is 6.42 Å². The number of aromatic nitrogens is 4. The zero-order valence-corrected chi connectivity index (χ0v) is 17.3. The van der Waals surface area contributed by atoms with E-state index in [1.54, 1.807) is 36.4 Å². The second-order valence-corrected chi connectivity index (χ2v) is 7.47. The van der Waals surface area contributed by atoms with Crippen LogP contribution in [0.5, 0.6) is 5.75 Å². The van der Waals surface area contributed by atoms with E-state index in [4.69, 9.17) is 4.74 Å². The van der Waals surface area contributed by atoms with E-state index in [2.05, 4.69) is 30.9 Å². The van der Waals surface area contributed by atoms with Gasteiger partial charge in [-0.05, 0) is 42.8 Å². The van der Waals surface area contributed by atoms with E-state index in [-0.39, 0.29) is 5.82 Å². The van der Waals surface area contributed by atoms with E-state index in [9.17, 15) is 4.39 Å². The molecule has 8 heteroatoms. The van der Waals surface area contributed by atoms with Gasteiger partial charge in [-0.25, -0.2) is 19.0 Å². The highest BCUT2D eigenvalue weighted by Crippen LogP contribution is 2.30. The van der Waals surface area contributed by atoms with Crippen molar-refractivity contribution in [2.75, 3.05) is 43.1 Å². The van der Waals surface area contributed by atoms with Crippen LogP contribution in [0.2, 0.25) is 0 Å². The van der Waals surface area contributed by atoms with Gasteiger partial charge in [0.05, 0.1) is 30.1 Å². The molecule has 1 saturated heterocycles. The first kappa shape index (κ1) is 19.3. The van der Waals surface area contributed by atoms with Gasteiger partial charge in [0.2, 0.25) is 0 Å². The monoisotopic (exact) mass is 418 g/mol. The summed E-state index contributed by atoms with van der Waals surface area (Å²) in [6.45, 7) is 3.52. The molecule has 0 spiro atoms. The van der Waals surface area contributed by atoms with Gasteiger partial charge in [-0.3, -0.25) is 0 Å². The van der Waals surface area contributed by atoms with Crippen LogP contribution in [-0.4, -0.2) is 53.0 Å². The molecule has 0 saturated carbocycles. The molecule has 0 aliphatic carbocycles. The van der Waals surface area contributed by atoms with Gasteiger partial charge in [-0.15, -0.1) is 0 Å². The maximum Gasteiger partial charge on any atom is 0.168 e. The molecule has 0 atom stereocenters. The molecule has 0 amide bonds. The number of rotatable bonds is 4. The number of hydrogen-bond donors (Lipinski definition) is 0. The second-order valence-electron chi connectivity index (χ2n) is 7.47. The first-order valence-electron chi connectivity index (χ1n) is 10.3. The molecule has 5 rings (SSSR count). The summed E-state index contributed by atoms with van der Waals surface area (Å²) in [6, 6.07) is 14.4. The highest BCUT2D eigenvalue weighted by molar-refractivity contribution is 5.87. The van der Waals surface area contributed by atoms with Gasteiger partial charge in [0.1, 0.15) is 23.7 Å². The number of fused-ring (bicyclic) bond motifs is 1. The Hall–Kier alpha value is -3.68. The Balaban J connectivity index is 1.43. The van der Waals surface area contributed by atoms with E-state index < -0.39 is 0 Å². The normalized spacial score (nSPS) is 14.6. The summed E-state index contributed by atoms with van der Waals surface area (Å²) in [4.78, 5) is 13.7. The van der Waals surface area contributed by atoms with E-state index in [1.165, 1.54) is 12.1 Å². The topological polar surface area (TPSA) is 59.3 Å². The van der Waals surface area contributed by atoms with E-state index in [0.717, 1.165) is 60.9 Å². The molecule has 0 N–H and O–H groups in total. The fourth-order valence-corrected chi connectivity index (χ4v) is 4.12. The summed E-state index contributed by atoms with van der Waals surface area (Å²) < 4.78 is 20.6. The van der Waals surface area contributed by atoms with Crippen LogP contribution in [-0.2, 0) is 0 Å². The Bertz CT molecular complexity index is 1190. The van der Waals surface area contributed by atoms with Crippen molar-refractivity contribution in [3.8, 4) is 11.4 Å². The van der Waals surface area contributed by atoms with E-state index in [0.29, 0.717) is 5.65 Å². The molecule has 1 fully saturated rings.